The Labute approximate surface area is 130 Å². The third kappa shape index (κ3) is 5.28. The largest absolute Gasteiger partial charge is 0.444 e. The van der Waals surface area contributed by atoms with Crippen LogP contribution in [0, 0.1) is 0 Å². The van der Waals surface area contributed by atoms with E-state index in [0.717, 1.165) is 30.7 Å². The van der Waals surface area contributed by atoms with Gasteiger partial charge in [0, 0.05) is 12.7 Å². The van der Waals surface area contributed by atoms with Gasteiger partial charge in [0.2, 0.25) is 0 Å². The number of hydrogen-bond donors (Lipinski definition) is 0. The van der Waals surface area contributed by atoms with Crippen LogP contribution in [0.1, 0.15) is 44.9 Å². The SMILES string of the molecule is CC(C)(C)OC(=O)N1CCCCC1COCc1cncs1. The van der Waals surface area contributed by atoms with Gasteiger partial charge in [-0.3, -0.25) is 4.98 Å². The zero-order valence-corrected chi connectivity index (χ0v) is 13.8. The lowest BCUT2D eigenvalue weighted by atomic mass is 10.0. The lowest BCUT2D eigenvalue weighted by molar-refractivity contribution is -0.00972. The molecule has 0 aliphatic carbocycles. The fourth-order valence-corrected chi connectivity index (χ4v) is 2.87. The first-order valence-electron chi connectivity index (χ1n) is 7.40. The Morgan fingerprint density at radius 3 is 2.95 bits per heavy atom. The Morgan fingerprint density at radius 2 is 2.29 bits per heavy atom. The van der Waals surface area contributed by atoms with Crippen molar-refractivity contribution in [2.24, 2.45) is 0 Å². The number of carbonyl (C=O) groups is 1. The van der Waals surface area contributed by atoms with E-state index >= 15 is 0 Å². The Balaban J connectivity index is 1.84. The molecule has 118 valence electrons. The summed E-state index contributed by atoms with van der Waals surface area (Å²) in [6, 6.07) is 0.113. The zero-order chi connectivity index (χ0) is 15.3. The van der Waals surface area contributed by atoms with Gasteiger partial charge in [0.25, 0.3) is 0 Å². The summed E-state index contributed by atoms with van der Waals surface area (Å²) in [4.78, 5) is 19.2. The maximum absolute atomic E-state index is 12.3. The molecule has 1 aliphatic heterocycles. The van der Waals surface area contributed by atoms with E-state index in [9.17, 15) is 4.79 Å². The highest BCUT2D eigenvalue weighted by molar-refractivity contribution is 7.09. The molecule has 5 nitrogen and oxygen atoms in total. The van der Waals surface area contributed by atoms with Crippen LogP contribution >= 0.6 is 11.3 Å². The molecule has 1 aromatic rings. The average molecular weight is 312 g/mol. The smallest absolute Gasteiger partial charge is 0.410 e. The Bertz CT molecular complexity index is 442. The minimum absolute atomic E-state index is 0.113. The monoisotopic (exact) mass is 312 g/mol. The van der Waals surface area contributed by atoms with E-state index in [1.54, 1.807) is 16.8 Å². The van der Waals surface area contributed by atoms with Gasteiger partial charge in [-0.2, -0.15) is 0 Å². The fourth-order valence-electron chi connectivity index (χ4n) is 2.34. The summed E-state index contributed by atoms with van der Waals surface area (Å²) < 4.78 is 11.2. The van der Waals surface area contributed by atoms with Crippen LogP contribution in [0.3, 0.4) is 0 Å². The normalized spacial score (nSPS) is 19.6. The summed E-state index contributed by atoms with van der Waals surface area (Å²) in [5.41, 5.74) is 1.34. The summed E-state index contributed by atoms with van der Waals surface area (Å²) in [6.45, 7) is 7.54. The van der Waals surface area contributed by atoms with Crippen LogP contribution in [0.2, 0.25) is 0 Å². The number of thiazole rings is 1. The van der Waals surface area contributed by atoms with E-state index in [1.165, 1.54) is 0 Å². The van der Waals surface area contributed by atoms with Crippen molar-refractivity contribution in [1.29, 1.82) is 0 Å². The summed E-state index contributed by atoms with van der Waals surface area (Å²) >= 11 is 1.58. The number of carbonyl (C=O) groups excluding carboxylic acids is 1. The van der Waals surface area contributed by atoms with Gasteiger partial charge in [0.1, 0.15) is 5.60 Å². The molecule has 1 atom stereocenters. The van der Waals surface area contributed by atoms with E-state index in [-0.39, 0.29) is 12.1 Å². The number of nitrogens with zero attached hydrogens (tertiary/aromatic N) is 2. The number of piperidine rings is 1. The highest BCUT2D eigenvalue weighted by Gasteiger charge is 2.30. The molecular weight excluding hydrogens is 288 g/mol. The van der Waals surface area contributed by atoms with Crippen molar-refractivity contribution >= 4 is 17.4 Å². The van der Waals surface area contributed by atoms with Crippen molar-refractivity contribution in [1.82, 2.24) is 9.88 Å². The summed E-state index contributed by atoms with van der Waals surface area (Å²) in [5.74, 6) is 0. The van der Waals surface area contributed by atoms with Crippen LogP contribution in [0.25, 0.3) is 0 Å². The van der Waals surface area contributed by atoms with E-state index in [1.807, 2.05) is 31.9 Å². The Morgan fingerprint density at radius 1 is 1.48 bits per heavy atom. The van der Waals surface area contributed by atoms with Crippen LogP contribution < -0.4 is 0 Å². The lowest BCUT2D eigenvalue weighted by Crippen LogP contribution is -2.48. The molecule has 1 unspecified atom stereocenters. The first-order valence-corrected chi connectivity index (χ1v) is 8.28. The molecule has 0 N–H and O–H groups in total. The van der Waals surface area contributed by atoms with Crippen molar-refractivity contribution in [2.45, 2.75) is 58.3 Å². The predicted molar refractivity (Wildman–Crippen MR) is 82.3 cm³/mol. The Kier molecular flexibility index (Phi) is 5.58. The van der Waals surface area contributed by atoms with Gasteiger partial charge >= 0.3 is 6.09 Å². The fraction of sp³-hybridized carbons (Fsp3) is 0.733. The second-order valence-corrected chi connectivity index (χ2v) is 7.28. The van der Waals surface area contributed by atoms with Crippen LogP contribution in [-0.2, 0) is 16.1 Å². The molecule has 1 aliphatic rings. The summed E-state index contributed by atoms with van der Waals surface area (Å²) in [7, 11) is 0. The van der Waals surface area contributed by atoms with Gasteiger partial charge in [0.15, 0.2) is 0 Å². The maximum Gasteiger partial charge on any atom is 0.410 e. The van der Waals surface area contributed by atoms with Gasteiger partial charge < -0.3 is 14.4 Å². The number of aromatic nitrogens is 1. The minimum Gasteiger partial charge on any atom is -0.444 e. The van der Waals surface area contributed by atoms with Crippen LogP contribution in [0.4, 0.5) is 4.79 Å². The molecule has 2 heterocycles. The molecule has 0 radical (unpaired) electrons. The zero-order valence-electron chi connectivity index (χ0n) is 13.0. The average Bonchev–Trinajstić information content (AvgIpc) is 2.90. The van der Waals surface area contributed by atoms with Gasteiger partial charge in [-0.25, -0.2) is 4.79 Å². The molecular formula is C15H24N2O3S. The third-order valence-corrected chi connectivity index (χ3v) is 4.05. The molecule has 1 saturated heterocycles. The van der Waals surface area contributed by atoms with Crippen molar-refractivity contribution in [3.8, 4) is 0 Å². The first-order chi connectivity index (χ1) is 9.96. The van der Waals surface area contributed by atoms with Crippen molar-refractivity contribution in [3.05, 3.63) is 16.6 Å². The number of amides is 1. The van der Waals surface area contributed by atoms with Gasteiger partial charge in [-0.05, 0) is 40.0 Å². The molecule has 21 heavy (non-hydrogen) atoms. The predicted octanol–water partition coefficient (Wildman–Crippen LogP) is 3.45. The first kappa shape index (κ1) is 16.2. The summed E-state index contributed by atoms with van der Waals surface area (Å²) in [5, 5.41) is 0. The second-order valence-electron chi connectivity index (χ2n) is 6.31. The molecule has 6 heteroatoms. The molecule has 0 saturated carbocycles. The highest BCUT2D eigenvalue weighted by atomic mass is 32.1. The number of likely N-dealkylation sites (tertiary alicyclic amines) is 1. The second kappa shape index (κ2) is 7.22. The van der Waals surface area contributed by atoms with E-state index in [0.29, 0.717) is 13.2 Å². The molecule has 0 aromatic carbocycles. The van der Waals surface area contributed by atoms with E-state index in [2.05, 4.69) is 4.98 Å². The molecule has 1 amide bonds. The molecule has 1 aromatic heterocycles. The van der Waals surface area contributed by atoms with Gasteiger partial charge in [-0.1, -0.05) is 0 Å². The third-order valence-electron chi connectivity index (χ3n) is 3.29. The quantitative estimate of drug-likeness (QED) is 0.854. The van der Waals surface area contributed by atoms with Crippen molar-refractivity contribution in [2.75, 3.05) is 13.2 Å². The number of rotatable bonds is 4. The minimum atomic E-state index is -0.456. The molecule has 0 spiro atoms. The molecule has 2 rings (SSSR count). The number of ether oxygens (including phenoxy) is 2. The van der Waals surface area contributed by atoms with Crippen LogP contribution in [0.15, 0.2) is 11.7 Å². The van der Waals surface area contributed by atoms with Gasteiger partial charge in [-0.15, -0.1) is 11.3 Å². The molecule has 1 fully saturated rings. The van der Waals surface area contributed by atoms with Crippen molar-refractivity contribution in [3.63, 3.8) is 0 Å². The standard InChI is InChI=1S/C15H24N2O3S/c1-15(2,3)20-14(18)17-7-5-4-6-12(17)9-19-10-13-8-16-11-21-13/h8,11-12H,4-7,9-10H2,1-3H3. The van der Waals surface area contributed by atoms with Crippen molar-refractivity contribution < 1.29 is 14.3 Å². The highest BCUT2D eigenvalue weighted by Crippen LogP contribution is 2.21. The lowest BCUT2D eigenvalue weighted by Gasteiger charge is -2.36. The van der Waals surface area contributed by atoms with Gasteiger partial charge in [0.05, 0.1) is 29.6 Å². The summed E-state index contributed by atoms with van der Waals surface area (Å²) in [6.07, 6.45) is 4.73. The van der Waals surface area contributed by atoms with Crippen LogP contribution in [0.5, 0.6) is 0 Å². The van der Waals surface area contributed by atoms with E-state index < -0.39 is 5.60 Å². The van der Waals surface area contributed by atoms with Crippen LogP contribution in [-0.4, -0.2) is 40.8 Å². The Hall–Kier alpha value is -1.14. The number of hydrogen-bond acceptors (Lipinski definition) is 5. The topological polar surface area (TPSA) is 51.7 Å². The maximum atomic E-state index is 12.3. The van der Waals surface area contributed by atoms with E-state index in [4.69, 9.17) is 9.47 Å². The molecule has 0 bridgehead atoms.